The van der Waals surface area contributed by atoms with Crippen molar-refractivity contribution in [1.82, 2.24) is 0 Å². The molecule has 0 saturated heterocycles. The molecule has 1 heterocycles. The van der Waals surface area contributed by atoms with Crippen molar-refractivity contribution in [3.8, 4) is 0 Å². The number of hydrogen-bond acceptors (Lipinski definition) is 3. The van der Waals surface area contributed by atoms with Gasteiger partial charge in [0, 0.05) is 5.75 Å². The first-order valence-electron chi connectivity index (χ1n) is 3.04. The molecule has 0 spiro atoms. The van der Waals surface area contributed by atoms with Gasteiger partial charge in [-0.2, -0.15) is 24.4 Å². The summed E-state index contributed by atoms with van der Waals surface area (Å²) in [6.45, 7) is 0. The van der Waals surface area contributed by atoms with E-state index in [2.05, 4.69) is 18.9 Å². The van der Waals surface area contributed by atoms with Gasteiger partial charge in [-0.1, -0.05) is 0 Å². The molecule has 0 unspecified atom stereocenters. The van der Waals surface area contributed by atoms with Crippen LogP contribution in [0.1, 0.15) is 11.5 Å². The van der Waals surface area contributed by atoms with Crippen molar-refractivity contribution < 1.29 is 4.42 Å². The van der Waals surface area contributed by atoms with Crippen LogP contribution in [0.5, 0.6) is 0 Å². The summed E-state index contributed by atoms with van der Waals surface area (Å²) < 4.78 is 5.38. The lowest BCUT2D eigenvalue weighted by Crippen LogP contribution is -1.71. The Hall–Kier alpha value is -0.0200. The van der Waals surface area contributed by atoms with Crippen LogP contribution in [0.3, 0.4) is 0 Å². The van der Waals surface area contributed by atoms with Gasteiger partial charge in [-0.25, -0.2) is 0 Å². The maximum Gasteiger partial charge on any atom is 0.114 e. The molecule has 1 aromatic rings. The topological polar surface area (TPSA) is 13.1 Å². The number of thioether (sulfide) groups is 1. The third-order valence-electron chi connectivity index (χ3n) is 1.16. The van der Waals surface area contributed by atoms with Crippen molar-refractivity contribution in [3.05, 3.63) is 23.7 Å². The molecule has 0 fully saturated rings. The molecular formula is C7H10OS2. The van der Waals surface area contributed by atoms with E-state index < -0.39 is 0 Å². The Morgan fingerprint density at radius 2 is 2.20 bits per heavy atom. The van der Waals surface area contributed by atoms with E-state index in [1.54, 1.807) is 11.8 Å². The number of furan rings is 1. The zero-order chi connectivity index (χ0) is 7.40. The van der Waals surface area contributed by atoms with Gasteiger partial charge in [-0.15, -0.1) is 0 Å². The van der Waals surface area contributed by atoms with Gasteiger partial charge in [0.05, 0.1) is 5.75 Å². The summed E-state index contributed by atoms with van der Waals surface area (Å²) in [5.41, 5.74) is 0. The second-order valence-corrected chi connectivity index (χ2v) is 3.14. The molecule has 1 aromatic heterocycles. The van der Waals surface area contributed by atoms with Crippen LogP contribution in [0.25, 0.3) is 0 Å². The molecule has 10 heavy (non-hydrogen) atoms. The molecule has 0 aliphatic rings. The molecule has 0 saturated carbocycles. The number of hydrogen-bond donors (Lipinski definition) is 1. The van der Waals surface area contributed by atoms with Crippen LogP contribution < -0.4 is 0 Å². The van der Waals surface area contributed by atoms with Gasteiger partial charge in [0.1, 0.15) is 11.5 Å². The van der Waals surface area contributed by atoms with E-state index in [1.807, 2.05) is 12.1 Å². The van der Waals surface area contributed by atoms with Crippen molar-refractivity contribution >= 4 is 24.4 Å². The molecule has 0 bridgehead atoms. The second-order valence-electron chi connectivity index (χ2n) is 1.96. The molecule has 0 radical (unpaired) electrons. The van der Waals surface area contributed by atoms with E-state index >= 15 is 0 Å². The fourth-order valence-electron chi connectivity index (χ4n) is 0.727. The van der Waals surface area contributed by atoms with E-state index in [1.165, 1.54) is 0 Å². The highest BCUT2D eigenvalue weighted by molar-refractivity contribution is 7.97. The van der Waals surface area contributed by atoms with Gasteiger partial charge in [0.25, 0.3) is 0 Å². The van der Waals surface area contributed by atoms with Crippen molar-refractivity contribution in [1.29, 1.82) is 0 Å². The standard InChI is InChI=1S/C7H10OS2/c1-10-5-7-3-2-6(4-9)8-7/h2-3,9H,4-5H2,1H3. The predicted molar refractivity (Wildman–Crippen MR) is 48.6 cm³/mol. The lowest BCUT2D eigenvalue weighted by Gasteiger charge is -1.89. The summed E-state index contributed by atoms with van der Waals surface area (Å²) in [6.07, 6.45) is 2.06. The third-order valence-corrected chi connectivity index (χ3v) is 2.04. The molecular weight excluding hydrogens is 164 g/mol. The molecule has 0 aliphatic carbocycles. The first-order valence-corrected chi connectivity index (χ1v) is 5.07. The predicted octanol–water partition coefficient (Wildman–Crippen LogP) is 2.57. The van der Waals surface area contributed by atoms with Crippen LogP contribution in [0.15, 0.2) is 16.5 Å². The molecule has 0 aliphatic heterocycles. The summed E-state index contributed by atoms with van der Waals surface area (Å²) in [4.78, 5) is 0. The molecule has 0 aromatic carbocycles. The molecule has 3 heteroatoms. The minimum absolute atomic E-state index is 0.689. The molecule has 0 atom stereocenters. The Bertz CT molecular complexity index is 195. The van der Waals surface area contributed by atoms with Gasteiger partial charge in [-0.05, 0) is 18.4 Å². The maximum absolute atomic E-state index is 5.38. The number of thiol groups is 1. The highest BCUT2D eigenvalue weighted by Gasteiger charge is 1.97. The Kier molecular flexibility index (Phi) is 3.22. The molecule has 0 N–H and O–H groups in total. The highest BCUT2D eigenvalue weighted by Crippen LogP contribution is 2.14. The van der Waals surface area contributed by atoms with Crippen molar-refractivity contribution in [2.45, 2.75) is 11.5 Å². The quantitative estimate of drug-likeness (QED) is 0.707. The first-order chi connectivity index (χ1) is 4.86. The van der Waals surface area contributed by atoms with Crippen LogP contribution in [0, 0.1) is 0 Å². The fraction of sp³-hybridized carbons (Fsp3) is 0.429. The van der Waals surface area contributed by atoms with E-state index in [0.717, 1.165) is 17.3 Å². The van der Waals surface area contributed by atoms with Gasteiger partial charge in [0.15, 0.2) is 0 Å². The van der Waals surface area contributed by atoms with Crippen LogP contribution in [0.2, 0.25) is 0 Å². The second kappa shape index (κ2) is 3.98. The van der Waals surface area contributed by atoms with Crippen LogP contribution in [-0.2, 0) is 11.5 Å². The SMILES string of the molecule is CSCc1ccc(CS)o1. The van der Waals surface area contributed by atoms with Gasteiger partial charge >= 0.3 is 0 Å². The molecule has 56 valence electrons. The highest BCUT2D eigenvalue weighted by atomic mass is 32.2. The monoisotopic (exact) mass is 174 g/mol. The van der Waals surface area contributed by atoms with E-state index in [0.29, 0.717) is 5.75 Å². The number of rotatable bonds is 3. The van der Waals surface area contributed by atoms with Gasteiger partial charge < -0.3 is 4.42 Å². The maximum atomic E-state index is 5.38. The van der Waals surface area contributed by atoms with E-state index in [-0.39, 0.29) is 0 Å². The average Bonchev–Trinajstić information content (AvgIpc) is 2.37. The van der Waals surface area contributed by atoms with Crippen LogP contribution in [0.4, 0.5) is 0 Å². The lowest BCUT2D eigenvalue weighted by molar-refractivity contribution is 0.498. The van der Waals surface area contributed by atoms with Crippen molar-refractivity contribution in [2.75, 3.05) is 6.26 Å². The van der Waals surface area contributed by atoms with E-state index in [9.17, 15) is 0 Å². The normalized spacial score (nSPS) is 10.2. The third kappa shape index (κ3) is 1.99. The van der Waals surface area contributed by atoms with Gasteiger partial charge in [-0.3, -0.25) is 0 Å². The van der Waals surface area contributed by atoms with Crippen molar-refractivity contribution in [3.63, 3.8) is 0 Å². The zero-order valence-corrected chi connectivity index (χ0v) is 7.54. The summed E-state index contributed by atoms with van der Waals surface area (Å²) >= 11 is 5.85. The lowest BCUT2D eigenvalue weighted by atomic mass is 10.5. The van der Waals surface area contributed by atoms with Crippen molar-refractivity contribution in [2.24, 2.45) is 0 Å². The minimum Gasteiger partial charge on any atom is -0.464 e. The zero-order valence-electron chi connectivity index (χ0n) is 5.83. The Labute approximate surface area is 70.6 Å². The average molecular weight is 174 g/mol. The Balaban J connectivity index is 2.59. The summed E-state index contributed by atoms with van der Waals surface area (Å²) in [5.74, 6) is 3.63. The van der Waals surface area contributed by atoms with Crippen LogP contribution >= 0.6 is 24.4 Å². The molecule has 1 rings (SSSR count). The first kappa shape index (κ1) is 8.08. The smallest absolute Gasteiger partial charge is 0.114 e. The Morgan fingerprint density at radius 1 is 1.50 bits per heavy atom. The largest absolute Gasteiger partial charge is 0.464 e. The fourth-order valence-corrected chi connectivity index (χ4v) is 1.34. The summed E-state index contributed by atoms with van der Waals surface area (Å²) in [5, 5.41) is 0. The summed E-state index contributed by atoms with van der Waals surface area (Å²) in [7, 11) is 0. The Morgan fingerprint density at radius 3 is 2.70 bits per heavy atom. The molecule has 1 nitrogen and oxygen atoms in total. The molecule has 0 amide bonds. The van der Waals surface area contributed by atoms with Crippen LogP contribution in [-0.4, -0.2) is 6.26 Å². The van der Waals surface area contributed by atoms with E-state index in [4.69, 9.17) is 4.42 Å². The van der Waals surface area contributed by atoms with Gasteiger partial charge in [0.2, 0.25) is 0 Å². The minimum atomic E-state index is 0.689. The summed E-state index contributed by atoms with van der Waals surface area (Å²) in [6, 6.07) is 3.97.